The molecule has 0 aliphatic carbocycles. The molecule has 5 nitrogen and oxygen atoms in total. The van der Waals surface area contributed by atoms with E-state index in [1.165, 1.54) is 12.3 Å². The minimum absolute atomic E-state index is 0.116. The van der Waals surface area contributed by atoms with Gasteiger partial charge in [0.15, 0.2) is 0 Å². The van der Waals surface area contributed by atoms with Crippen molar-refractivity contribution in [2.45, 2.75) is 0 Å². The molecule has 2 aromatic heterocycles. The lowest BCUT2D eigenvalue weighted by molar-refractivity contribution is 0.0997. The summed E-state index contributed by atoms with van der Waals surface area (Å²) in [4.78, 5) is 19.6. The number of hydrogen-bond acceptors (Lipinski definition) is 4. The largest absolute Gasteiger partial charge is 0.438 e. The molecule has 1 amide bonds. The molecule has 0 aliphatic heterocycles. The highest BCUT2D eigenvalue weighted by molar-refractivity contribution is 6.30. The van der Waals surface area contributed by atoms with E-state index >= 15 is 0 Å². The molecule has 3 rings (SSSR count). The maximum absolute atomic E-state index is 11.5. The van der Waals surface area contributed by atoms with E-state index in [0.29, 0.717) is 10.8 Å². The van der Waals surface area contributed by atoms with Gasteiger partial charge in [0.05, 0.1) is 5.02 Å². The number of benzene rings is 1. The molecular formula is C17H12ClN3O2. The number of nitrogens with two attached hydrogens (primary N) is 1. The molecule has 0 unspecified atom stereocenters. The molecule has 2 heterocycles. The number of amides is 1. The lowest BCUT2D eigenvalue weighted by Crippen LogP contribution is -2.13. The second-order valence-electron chi connectivity index (χ2n) is 4.74. The van der Waals surface area contributed by atoms with Gasteiger partial charge in [-0.05, 0) is 29.8 Å². The number of ether oxygens (including phenoxy) is 1. The highest BCUT2D eigenvalue weighted by Crippen LogP contribution is 2.28. The molecule has 1 aromatic carbocycles. The van der Waals surface area contributed by atoms with Crippen molar-refractivity contribution in [1.82, 2.24) is 9.97 Å². The van der Waals surface area contributed by atoms with Crippen LogP contribution in [0.15, 0.2) is 61.1 Å². The summed E-state index contributed by atoms with van der Waals surface area (Å²) in [5.74, 6) is -0.00711. The number of hydrogen-bond donors (Lipinski definition) is 1. The van der Waals surface area contributed by atoms with E-state index in [4.69, 9.17) is 22.1 Å². The predicted molar refractivity (Wildman–Crippen MR) is 87.5 cm³/mol. The fraction of sp³-hybridized carbons (Fsp3) is 0. The third-order valence-corrected chi connectivity index (χ3v) is 3.33. The molecule has 0 bridgehead atoms. The third kappa shape index (κ3) is 3.46. The highest BCUT2D eigenvalue weighted by Gasteiger charge is 2.13. The molecule has 0 spiro atoms. The predicted octanol–water partition coefficient (Wildman–Crippen LogP) is 3.69. The van der Waals surface area contributed by atoms with Crippen molar-refractivity contribution in [2.75, 3.05) is 0 Å². The van der Waals surface area contributed by atoms with Crippen LogP contribution in [0.4, 0.5) is 0 Å². The summed E-state index contributed by atoms with van der Waals surface area (Å²) in [6, 6.07) is 12.6. The lowest BCUT2D eigenvalue weighted by atomic mass is 10.1. The van der Waals surface area contributed by atoms with Gasteiger partial charge >= 0.3 is 0 Å². The number of aromatic nitrogens is 2. The van der Waals surface area contributed by atoms with Gasteiger partial charge in [-0.25, -0.2) is 4.98 Å². The first-order valence-electron chi connectivity index (χ1n) is 6.77. The van der Waals surface area contributed by atoms with Crippen LogP contribution in [0.25, 0.3) is 11.1 Å². The van der Waals surface area contributed by atoms with Crippen LogP contribution in [0, 0.1) is 0 Å². The van der Waals surface area contributed by atoms with Crippen LogP contribution in [0.1, 0.15) is 10.4 Å². The Labute approximate surface area is 137 Å². The van der Waals surface area contributed by atoms with Gasteiger partial charge in [-0.15, -0.1) is 0 Å². The summed E-state index contributed by atoms with van der Waals surface area (Å²) in [6.07, 6.45) is 4.86. The van der Waals surface area contributed by atoms with Gasteiger partial charge in [0, 0.05) is 24.2 Å². The molecule has 0 aliphatic rings. The van der Waals surface area contributed by atoms with Crippen molar-refractivity contribution < 1.29 is 9.53 Å². The number of carbonyl (C=O) groups is 1. The molecule has 0 saturated carbocycles. The Morgan fingerprint density at radius 2 is 1.91 bits per heavy atom. The molecule has 23 heavy (non-hydrogen) atoms. The first-order valence-corrected chi connectivity index (χ1v) is 7.15. The van der Waals surface area contributed by atoms with Crippen molar-refractivity contribution >= 4 is 17.5 Å². The molecule has 0 radical (unpaired) electrons. The number of halogens is 1. The van der Waals surface area contributed by atoms with Gasteiger partial charge in [0.1, 0.15) is 11.3 Å². The molecule has 2 N–H and O–H groups in total. The summed E-state index contributed by atoms with van der Waals surface area (Å²) in [5.41, 5.74) is 7.35. The van der Waals surface area contributed by atoms with Crippen molar-refractivity contribution in [3.63, 3.8) is 0 Å². The first kappa shape index (κ1) is 15.0. The van der Waals surface area contributed by atoms with Crippen LogP contribution in [0.5, 0.6) is 11.6 Å². The van der Waals surface area contributed by atoms with Gasteiger partial charge in [0.2, 0.25) is 5.88 Å². The lowest BCUT2D eigenvalue weighted by Gasteiger charge is -2.09. The smallest absolute Gasteiger partial charge is 0.254 e. The Morgan fingerprint density at radius 3 is 2.65 bits per heavy atom. The Hall–Kier alpha value is -2.92. The summed E-state index contributed by atoms with van der Waals surface area (Å²) in [5, 5.41) is 0.315. The average Bonchev–Trinajstić information content (AvgIpc) is 2.57. The number of rotatable bonds is 4. The average molecular weight is 326 g/mol. The van der Waals surface area contributed by atoms with Crippen molar-refractivity contribution in [2.24, 2.45) is 5.73 Å². The first-order chi connectivity index (χ1) is 11.1. The minimum Gasteiger partial charge on any atom is -0.438 e. The maximum Gasteiger partial charge on any atom is 0.254 e. The topological polar surface area (TPSA) is 78.1 Å². The molecule has 114 valence electrons. The van der Waals surface area contributed by atoms with Gasteiger partial charge in [0.25, 0.3) is 5.91 Å². The van der Waals surface area contributed by atoms with Crippen molar-refractivity contribution in [3.8, 4) is 22.8 Å². The van der Waals surface area contributed by atoms with Crippen LogP contribution in [0.2, 0.25) is 5.02 Å². The Balaban J connectivity index is 1.94. The van der Waals surface area contributed by atoms with Crippen molar-refractivity contribution in [3.05, 3.63) is 71.6 Å². The molecule has 0 atom stereocenters. The van der Waals surface area contributed by atoms with E-state index in [0.717, 1.165) is 11.1 Å². The Bertz CT molecular complexity index is 853. The fourth-order valence-corrected chi connectivity index (χ4v) is 2.23. The summed E-state index contributed by atoms with van der Waals surface area (Å²) in [7, 11) is 0. The molecule has 6 heteroatoms. The Morgan fingerprint density at radius 1 is 1.09 bits per heavy atom. The fourth-order valence-electron chi connectivity index (χ4n) is 2.07. The van der Waals surface area contributed by atoms with Gasteiger partial charge < -0.3 is 10.5 Å². The number of carbonyl (C=O) groups excluding carboxylic acids is 1. The summed E-state index contributed by atoms with van der Waals surface area (Å²) < 4.78 is 5.70. The third-order valence-electron chi connectivity index (χ3n) is 3.13. The number of nitrogens with zero attached hydrogens (tertiary/aromatic N) is 2. The van der Waals surface area contributed by atoms with E-state index < -0.39 is 5.91 Å². The normalized spacial score (nSPS) is 10.3. The van der Waals surface area contributed by atoms with E-state index in [-0.39, 0.29) is 11.4 Å². The monoisotopic (exact) mass is 325 g/mol. The highest BCUT2D eigenvalue weighted by atomic mass is 35.5. The number of pyridine rings is 2. The van der Waals surface area contributed by atoms with Crippen LogP contribution >= 0.6 is 11.6 Å². The quantitative estimate of drug-likeness (QED) is 0.793. The summed E-state index contributed by atoms with van der Waals surface area (Å²) >= 11 is 5.84. The SMILES string of the molecule is NC(=O)c1cc(Cl)cnc1Oc1cccc(-c2cccnc2)c1. The van der Waals surface area contributed by atoms with Gasteiger partial charge in [-0.2, -0.15) is 0 Å². The minimum atomic E-state index is -0.654. The van der Waals surface area contributed by atoms with Crippen molar-refractivity contribution in [1.29, 1.82) is 0 Å². The van der Waals surface area contributed by atoms with E-state index in [2.05, 4.69) is 9.97 Å². The van der Waals surface area contributed by atoms with Gasteiger partial charge in [-0.3, -0.25) is 9.78 Å². The van der Waals surface area contributed by atoms with Gasteiger partial charge in [-0.1, -0.05) is 29.8 Å². The second-order valence-corrected chi connectivity index (χ2v) is 5.18. The van der Waals surface area contributed by atoms with E-state index in [1.807, 2.05) is 30.3 Å². The zero-order chi connectivity index (χ0) is 16.2. The molecule has 3 aromatic rings. The molecule has 0 fully saturated rings. The zero-order valence-corrected chi connectivity index (χ0v) is 12.7. The van der Waals surface area contributed by atoms with Crippen LogP contribution in [0.3, 0.4) is 0 Å². The van der Waals surface area contributed by atoms with E-state index in [9.17, 15) is 4.79 Å². The van der Waals surface area contributed by atoms with Crippen LogP contribution in [-0.2, 0) is 0 Å². The number of primary amides is 1. The second kappa shape index (κ2) is 6.46. The van der Waals surface area contributed by atoms with Crippen LogP contribution < -0.4 is 10.5 Å². The maximum atomic E-state index is 11.5. The van der Waals surface area contributed by atoms with Crippen LogP contribution in [-0.4, -0.2) is 15.9 Å². The molecular weight excluding hydrogens is 314 g/mol. The van der Waals surface area contributed by atoms with E-state index in [1.54, 1.807) is 18.5 Å². The summed E-state index contributed by atoms with van der Waals surface area (Å²) in [6.45, 7) is 0. The molecule has 0 saturated heterocycles. The Kier molecular flexibility index (Phi) is 4.21. The zero-order valence-electron chi connectivity index (χ0n) is 11.9. The standard InChI is InChI=1S/C17H12ClN3O2/c18-13-8-15(16(19)22)17(21-10-13)23-14-5-1-3-11(7-14)12-4-2-6-20-9-12/h1-10H,(H2,19,22).